The van der Waals surface area contributed by atoms with Crippen LogP contribution in [0.2, 0.25) is 0 Å². The number of ether oxygens (including phenoxy) is 3. The van der Waals surface area contributed by atoms with Crippen molar-refractivity contribution < 1.29 is 27.4 Å². The number of carbonyl (C=O) groups excluding carboxylic acids is 1. The zero-order valence-corrected chi connectivity index (χ0v) is 22.9. The van der Waals surface area contributed by atoms with Gasteiger partial charge in [0.25, 0.3) is 0 Å². The van der Waals surface area contributed by atoms with Gasteiger partial charge in [-0.1, -0.05) is 24.3 Å². The summed E-state index contributed by atoms with van der Waals surface area (Å²) in [4.78, 5) is 11.4. The molecule has 0 amide bonds. The Kier molecular flexibility index (Phi) is 8.42. The van der Waals surface area contributed by atoms with E-state index in [9.17, 15) is 13.2 Å². The van der Waals surface area contributed by atoms with Crippen LogP contribution >= 0.6 is 0 Å². The summed E-state index contributed by atoms with van der Waals surface area (Å²) in [5, 5.41) is 3.57. The number of rotatable bonds is 9. The van der Waals surface area contributed by atoms with E-state index in [2.05, 4.69) is 48.2 Å². The minimum absolute atomic E-state index is 0.0167. The van der Waals surface area contributed by atoms with Crippen molar-refractivity contribution in [2.45, 2.75) is 26.3 Å². The minimum Gasteiger partial charge on any atom is -0.494 e. The number of carbonyl (C=O) groups is 1. The third-order valence-electron chi connectivity index (χ3n) is 6.37. The lowest BCUT2D eigenvalue weighted by molar-refractivity contribution is -0.134. The Bertz CT molecular complexity index is 1440. The van der Waals surface area contributed by atoms with E-state index in [1.54, 1.807) is 6.08 Å². The Morgan fingerprint density at radius 3 is 2.58 bits per heavy atom. The quantitative estimate of drug-likeness (QED) is 0.219. The first-order valence-electron chi connectivity index (χ1n) is 12.4. The fourth-order valence-electron chi connectivity index (χ4n) is 4.58. The lowest BCUT2D eigenvalue weighted by atomic mass is 9.93. The van der Waals surface area contributed by atoms with Crippen LogP contribution in [0, 0.1) is 13.8 Å². The first-order valence-corrected chi connectivity index (χ1v) is 14.5. The van der Waals surface area contributed by atoms with Crippen molar-refractivity contribution in [3.05, 3.63) is 82.9 Å². The van der Waals surface area contributed by atoms with Crippen LogP contribution < -0.4 is 14.8 Å². The Morgan fingerprint density at radius 1 is 1.11 bits per heavy atom. The summed E-state index contributed by atoms with van der Waals surface area (Å²) in [6, 6.07) is 18.2. The van der Waals surface area contributed by atoms with Crippen LogP contribution in [-0.2, 0) is 19.4 Å². The number of aryl methyl sites for hydroxylation is 2. The molecule has 0 aliphatic carbocycles. The van der Waals surface area contributed by atoms with Gasteiger partial charge >= 0.3 is 5.97 Å². The minimum atomic E-state index is -2.99. The number of sulfone groups is 1. The van der Waals surface area contributed by atoms with E-state index in [1.807, 2.05) is 30.3 Å². The van der Waals surface area contributed by atoms with Gasteiger partial charge in [-0.05, 0) is 90.1 Å². The second-order valence-electron chi connectivity index (χ2n) is 9.51. The molecule has 38 heavy (non-hydrogen) atoms. The maximum atomic E-state index is 11.4. The lowest BCUT2D eigenvalue weighted by Crippen LogP contribution is -2.24. The molecule has 1 unspecified atom stereocenters. The molecule has 1 N–H and O–H groups in total. The molecule has 1 heterocycles. The van der Waals surface area contributed by atoms with Crippen LogP contribution in [0.3, 0.4) is 0 Å². The standard InChI is InChI=1S/C30H33NO6S/c1-20-15-25(36-13-6-14-38(4,33)34)16-21(2)30(20)24-8-5-7-23(18-24)27-19-37-28-17-22(9-11-26(28)31-27)10-12-29(32)35-3/h5,7-12,15-18,27,31H,6,13-14,19H2,1-4H3. The monoisotopic (exact) mass is 535 g/mol. The van der Waals surface area contributed by atoms with Crippen molar-refractivity contribution in [2.75, 3.05) is 37.6 Å². The molecule has 0 saturated heterocycles. The summed E-state index contributed by atoms with van der Waals surface area (Å²) >= 11 is 0. The number of fused-ring (bicyclic) bond motifs is 1. The van der Waals surface area contributed by atoms with Gasteiger partial charge in [-0.3, -0.25) is 0 Å². The molecule has 1 atom stereocenters. The number of esters is 1. The highest BCUT2D eigenvalue weighted by Gasteiger charge is 2.21. The van der Waals surface area contributed by atoms with E-state index >= 15 is 0 Å². The molecule has 7 nitrogen and oxygen atoms in total. The highest BCUT2D eigenvalue weighted by molar-refractivity contribution is 7.90. The van der Waals surface area contributed by atoms with Gasteiger partial charge in [-0.15, -0.1) is 0 Å². The van der Waals surface area contributed by atoms with E-state index in [-0.39, 0.29) is 11.8 Å². The summed E-state index contributed by atoms with van der Waals surface area (Å²) in [6.07, 6.45) is 4.78. The number of nitrogens with one attached hydrogen (secondary N) is 1. The molecule has 0 fully saturated rings. The van der Waals surface area contributed by atoms with E-state index in [1.165, 1.54) is 19.4 Å². The number of hydrogen-bond donors (Lipinski definition) is 1. The zero-order valence-electron chi connectivity index (χ0n) is 22.1. The molecule has 0 radical (unpaired) electrons. The molecule has 3 aromatic carbocycles. The van der Waals surface area contributed by atoms with Gasteiger partial charge in [-0.2, -0.15) is 0 Å². The molecular formula is C30H33NO6S. The fraction of sp³-hybridized carbons (Fsp3) is 0.300. The van der Waals surface area contributed by atoms with Gasteiger partial charge in [0.15, 0.2) is 0 Å². The molecule has 0 saturated carbocycles. The van der Waals surface area contributed by atoms with Crippen molar-refractivity contribution in [1.82, 2.24) is 0 Å². The van der Waals surface area contributed by atoms with Gasteiger partial charge in [0.05, 0.1) is 31.2 Å². The van der Waals surface area contributed by atoms with Gasteiger partial charge in [0, 0.05) is 12.3 Å². The third kappa shape index (κ3) is 6.95. The molecule has 3 aromatic rings. The van der Waals surface area contributed by atoms with Crippen molar-refractivity contribution >= 4 is 27.6 Å². The largest absolute Gasteiger partial charge is 0.494 e. The summed E-state index contributed by atoms with van der Waals surface area (Å²) in [7, 11) is -1.64. The van der Waals surface area contributed by atoms with E-state index in [4.69, 9.17) is 9.47 Å². The maximum Gasteiger partial charge on any atom is 0.330 e. The topological polar surface area (TPSA) is 90.9 Å². The van der Waals surface area contributed by atoms with Crippen LogP contribution in [0.25, 0.3) is 17.2 Å². The van der Waals surface area contributed by atoms with Crippen molar-refractivity contribution in [1.29, 1.82) is 0 Å². The number of hydrogen-bond acceptors (Lipinski definition) is 7. The highest BCUT2D eigenvalue weighted by atomic mass is 32.2. The predicted octanol–water partition coefficient (Wildman–Crippen LogP) is 5.52. The molecule has 4 rings (SSSR count). The third-order valence-corrected chi connectivity index (χ3v) is 7.40. The van der Waals surface area contributed by atoms with Crippen molar-refractivity contribution in [3.63, 3.8) is 0 Å². The normalized spacial score (nSPS) is 14.9. The molecule has 0 aromatic heterocycles. The Balaban J connectivity index is 1.48. The summed E-state index contributed by atoms with van der Waals surface area (Å²) in [6.45, 7) is 4.95. The van der Waals surface area contributed by atoms with Gasteiger partial charge < -0.3 is 19.5 Å². The van der Waals surface area contributed by atoms with Crippen molar-refractivity contribution in [2.24, 2.45) is 0 Å². The number of benzene rings is 3. The van der Waals surface area contributed by atoms with E-state index in [0.717, 1.165) is 50.6 Å². The van der Waals surface area contributed by atoms with Crippen molar-refractivity contribution in [3.8, 4) is 22.6 Å². The predicted molar refractivity (Wildman–Crippen MR) is 151 cm³/mol. The Morgan fingerprint density at radius 2 is 1.87 bits per heavy atom. The van der Waals surface area contributed by atoms with Crippen LogP contribution in [0.15, 0.2) is 60.7 Å². The molecule has 1 aliphatic rings. The van der Waals surface area contributed by atoms with Gasteiger partial charge in [0.1, 0.15) is 27.9 Å². The van der Waals surface area contributed by atoms with E-state index < -0.39 is 15.8 Å². The van der Waals surface area contributed by atoms with Gasteiger partial charge in [0.2, 0.25) is 0 Å². The Hall–Kier alpha value is -3.78. The van der Waals surface area contributed by atoms with Crippen LogP contribution in [-0.4, -0.2) is 46.7 Å². The lowest BCUT2D eigenvalue weighted by Gasteiger charge is -2.28. The highest BCUT2D eigenvalue weighted by Crippen LogP contribution is 2.37. The number of anilines is 1. The van der Waals surface area contributed by atoms with Gasteiger partial charge in [-0.25, -0.2) is 13.2 Å². The summed E-state index contributed by atoms with van der Waals surface area (Å²) in [5.74, 6) is 1.20. The summed E-state index contributed by atoms with van der Waals surface area (Å²) in [5.41, 5.74) is 7.29. The molecule has 8 heteroatoms. The smallest absolute Gasteiger partial charge is 0.330 e. The first kappa shape index (κ1) is 27.3. The van der Waals surface area contributed by atoms with Crippen LogP contribution in [0.4, 0.5) is 5.69 Å². The molecular weight excluding hydrogens is 502 g/mol. The first-order chi connectivity index (χ1) is 18.1. The second kappa shape index (κ2) is 11.7. The van der Waals surface area contributed by atoms with Crippen LogP contribution in [0.5, 0.6) is 11.5 Å². The maximum absolute atomic E-state index is 11.4. The molecule has 0 bridgehead atoms. The molecule has 0 spiro atoms. The van der Waals surface area contributed by atoms with Crippen LogP contribution in [0.1, 0.15) is 34.7 Å². The SMILES string of the molecule is COC(=O)C=Cc1ccc2c(c1)OCC(c1cccc(-c3c(C)cc(OCCCS(C)(=O)=O)cc3C)c1)N2. The molecule has 200 valence electrons. The van der Waals surface area contributed by atoms with E-state index in [0.29, 0.717) is 19.6 Å². The zero-order chi connectivity index (χ0) is 27.3. The average molecular weight is 536 g/mol. The number of methoxy groups -OCH3 is 1. The Labute approximate surface area is 224 Å². The fourth-order valence-corrected chi connectivity index (χ4v) is 5.22. The molecule has 1 aliphatic heterocycles. The summed E-state index contributed by atoms with van der Waals surface area (Å²) < 4.78 is 39.2. The second-order valence-corrected chi connectivity index (χ2v) is 11.8. The average Bonchev–Trinajstić information content (AvgIpc) is 2.88.